The third-order valence-corrected chi connectivity index (χ3v) is 4.56. The molecule has 1 heterocycles. The van der Waals surface area contributed by atoms with Crippen LogP contribution in [0, 0.1) is 11.8 Å². The fraction of sp³-hybridized carbons (Fsp3) is 0.600. The van der Waals surface area contributed by atoms with Crippen molar-refractivity contribution in [1.82, 2.24) is 0 Å². The zero-order valence-corrected chi connectivity index (χ0v) is 12.4. The molecule has 1 aliphatic rings. The van der Waals surface area contributed by atoms with Crippen LogP contribution in [0.25, 0.3) is 0 Å². The second-order valence-electron chi connectivity index (χ2n) is 5.33. The van der Waals surface area contributed by atoms with E-state index in [2.05, 4.69) is 58.9 Å². The van der Waals surface area contributed by atoms with Crippen molar-refractivity contribution in [2.45, 2.75) is 32.0 Å². The standard InChI is InChI=1S/C15H22BrN/c1-12(2)13-7-9-17(10-8-13)15-6-4-3-5-14(15)11-16/h3-6,12-13H,7-11H2,1-2H3. The Bertz CT molecular complexity index is 354. The third-order valence-electron chi connectivity index (χ3n) is 3.96. The first-order valence-electron chi connectivity index (χ1n) is 6.61. The maximum atomic E-state index is 3.58. The highest BCUT2D eigenvalue weighted by atomic mass is 79.9. The minimum atomic E-state index is 0.837. The molecule has 1 aromatic carbocycles. The number of hydrogen-bond donors (Lipinski definition) is 0. The van der Waals surface area contributed by atoms with Gasteiger partial charge in [0, 0.05) is 24.1 Å². The molecule has 0 bridgehead atoms. The van der Waals surface area contributed by atoms with Crippen LogP contribution in [0.2, 0.25) is 0 Å². The van der Waals surface area contributed by atoms with Gasteiger partial charge in [0.25, 0.3) is 0 Å². The van der Waals surface area contributed by atoms with Crippen LogP contribution in [0.3, 0.4) is 0 Å². The zero-order chi connectivity index (χ0) is 12.3. The fourth-order valence-electron chi connectivity index (χ4n) is 2.74. The van der Waals surface area contributed by atoms with Crippen LogP contribution >= 0.6 is 15.9 Å². The molecule has 17 heavy (non-hydrogen) atoms. The average molecular weight is 296 g/mol. The van der Waals surface area contributed by atoms with Crippen LogP contribution in [-0.4, -0.2) is 13.1 Å². The van der Waals surface area contributed by atoms with Gasteiger partial charge >= 0.3 is 0 Å². The van der Waals surface area contributed by atoms with Crippen molar-refractivity contribution in [2.75, 3.05) is 18.0 Å². The molecule has 1 aliphatic heterocycles. The van der Waals surface area contributed by atoms with Crippen molar-refractivity contribution >= 4 is 21.6 Å². The minimum absolute atomic E-state index is 0.837. The molecule has 1 aromatic rings. The Labute approximate surface area is 113 Å². The van der Waals surface area contributed by atoms with Crippen LogP contribution in [-0.2, 0) is 5.33 Å². The summed E-state index contributed by atoms with van der Waals surface area (Å²) >= 11 is 3.58. The zero-order valence-electron chi connectivity index (χ0n) is 10.8. The molecule has 0 aromatic heterocycles. The Morgan fingerprint density at radius 3 is 2.47 bits per heavy atom. The predicted molar refractivity (Wildman–Crippen MR) is 78.8 cm³/mol. The summed E-state index contributed by atoms with van der Waals surface area (Å²) in [6.07, 6.45) is 2.68. The minimum Gasteiger partial charge on any atom is -0.371 e. The highest BCUT2D eigenvalue weighted by Crippen LogP contribution is 2.30. The molecule has 0 aliphatic carbocycles. The number of nitrogens with zero attached hydrogens (tertiary/aromatic N) is 1. The maximum absolute atomic E-state index is 3.58. The summed E-state index contributed by atoms with van der Waals surface area (Å²) in [7, 11) is 0. The second-order valence-corrected chi connectivity index (χ2v) is 5.89. The summed E-state index contributed by atoms with van der Waals surface area (Å²) in [5.74, 6) is 1.76. The van der Waals surface area contributed by atoms with Crippen molar-refractivity contribution in [3.8, 4) is 0 Å². The van der Waals surface area contributed by atoms with Gasteiger partial charge in [-0.3, -0.25) is 0 Å². The number of anilines is 1. The Hall–Kier alpha value is -0.500. The lowest BCUT2D eigenvalue weighted by Gasteiger charge is -2.36. The van der Waals surface area contributed by atoms with E-state index < -0.39 is 0 Å². The summed E-state index contributed by atoms with van der Waals surface area (Å²) in [5, 5.41) is 0.952. The Kier molecular flexibility index (Phi) is 4.49. The Balaban J connectivity index is 2.05. The van der Waals surface area contributed by atoms with Gasteiger partial charge in [-0.25, -0.2) is 0 Å². The number of benzene rings is 1. The molecule has 0 N–H and O–H groups in total. The second kappa shape index (κ2) is 5.90. The molecule has 2 rings (SSSR count). The first-order valence-corrected chi connectivity index (χ1v) is 7.73. The lowest BCUT2D eigenvalue weighted by atomic mass is 9.86. The lowest BCUT2D eigenvalue weighted by molar-refractivity contribution is 0.311. The molecule has 0 radical (unpaired) electrons. The third kappa shape index (κ3) is 3.04. The van der Waals surface area contributed by atoms with E-state index in [1.54, 1.807) is 0 Å². The number of halogens is 1. The molecule has 94 valence electrons. The van der Waals surface area contributed by atoms with Crippen LogP contribution in [0.5, 0.6) is 0 Å². The summed E-state index contributed by atoms with van der Waals surface area (Å²) in [6, 6.07) is 8.75. The fourth-order valence-corrected chi connectivity index (χ4v) is 3.21. The molecule has 0 atom stereocenters. The number of hydrogen-bond acceptors (Lipinski definition) is 1. The van der Waals surface area contributed by atoms with Gasteiger partial charge in [-0.05, 0) is 36.3 Å². The smallest absolute Gasteiger partial charge is 0.0407 e. The van der Waals surface area contributed by atoms with E-state index >= 15 is 0 Å². The summed E-state index contributed by atoms with van der Waals surface area (Å²) in [6.45, 7) is 7.14. The molecule has 0 unspecified atom stereocenters. The van der Waals surface area contributed by atoms with E-state index in [-0.39, 0.29) is 0 Å². The Morgan fingerprint density at radius 1 is 1.24 bits per heavy atom. The molecule has 1 saturated heterocycles. The number of para-hydroxylation sites is 1. The van der Waals surface area contributed by atoms with Crippen LogP contribution < -0.4 is 4.90 Å². The van der Waals surface area contributed by atoms with Gasteiger partial charge < -0.3 is 4.90 Å². The van der Waals surface area contributed by atoms with E-state index in [0.29, 0.717) is 0 Å². The van der Waals surface area contributed by atoms with E-state index in [9.17, 15) is 0 Å². The normalized spacial score (nSPS) is 17.8. The van der Waals surface area contributed by atoms with E-state index in [0.717, 1.165) is 17.2 Å². The monoisotopic (exact) mass is 295 g/mol. The summed E-state index contributed by atoms with van der Waals surface area (Å²) in [5.41, 5.74) is 2.84. The first kappa shape index (κ1) is 12.9. The summed E-state index contributed by atoms with van der Waals surface area (Å²) < 4.78 is 0. The average Bonchev–Trinajstić information content (AvgIpc) is 2.39. The van der Waals surface area contributed by atoms with Gasteiger partial charge in [0.1, 0.15) is 0 Å². The van der Waals surface area contributed by atoms with Gasteiger partial charge in [-0.1, -0.05) is 48.0 Å². The van der Waals surface area contributed by atoms with Gasteiger partial charge in [0.05, 0.1) is 0 Å². The van der Waals surface area contributed by atoms with Crippen molar-refractivity contribution in [1.29, 1.82) is 0 Å². The summed E-state index contributed by atoms with van der Waals surface area (Å²) in [4.78, 5) is 2.55. The largest absolute Gasteiger partial charge is 0.371 e. The van der Waals surface area contributed by atoms with Gasteiger partial charge in [-0.2, -0.15) is 0 Å². The number of alkyl halides is 1. The van der Waals surface area contributed by atoms with Crippen molar-refractivity contribution in [3.05, 3.63) is 29.8 Å². The number of rotatable bonds is 3. The molecular weight excluding hydrogens is 274 g/mol. The molecule has 1 fully saturated rings. The Morgan fingerprint density at radius 2 is 1.88 bits per heavy atom. The quantitative estimate of drug-likeness (QED) is 0.745. The highest BCUT2D eigenvalue weighted by Gasteiger charge is 2.22. The van der Waals surface area contributed by atoms with E-state index in [1.807, 2.05) is 0 Å². The molecule has 0 saturated carbocycles. The molecular formula is C15H22BrN. The van der Waals surface area contributed by atoms with Crippen LogP contribution in [0.4, 0.5) is 5.69 Å². The van der Waals surface area contributed by atoms with Crippen molar-refractivity contribution in [3.63, 3.8) is 0 Å². The lowest BCUT2D eigenvalue weighted by Crippen LogP contribution is -2.35. The molecule has 2 heteroatoms. The molecule has 0 amide bonds. The highest BCUT2D eigenvalue weighted by molar-refractivity contribution is 9.08. The van der Waals surface area contributed by atoms with Crippen molar-refractivity contribution in [2.24, 2.45) is 11.8 Å². The predicted octanol–water partition coefficient (Wildman–Crippen LogP) is 4.45. The number of piperidine rings is 1. The van der Waals surface area contributed by atoms with E-state index in [4.69, 9.17) is 0 Å². The topological polar surface area (TPSA) is 3.24 Å². The van der Waals surface area contributed by atoms with Gasteiger partial charge in [0.2, 0.25) is 0 Å². The van der Waals surface area contributed by atoms with E-state index in [1.165, 1.54) is 37.2 Å². The van der Waals surface area contributed by atoms with Crippen LogP contribution in [0.1, 0.15) is 32.3 Å². The van der Waals surface area contributed by atoms with Gasteiger partial charge in [0.15, 0.2) is 0 Å². The maximum Gasteiger partial charge on any atom is 0.0407 e. The van der Waals surface area contributed by atoms with Gasteiger partial charge in [-0.15, -0.1) is 0 Å². The van der Waals surface area contributed by atoms with Crippen molar-refractivity contribution < 1.29 is 0 Å². The SMILES string of the molecule is CC(C)C1CCN(c2ccccc2CBr)CC1. The molecule has 0 spiro atoms. The first-order chi connectivity index (χ1) is 8.22. The molecule has 1 nitrogen and oxygen atoms in total. The van der Waals surface area contributed by atoms with Crippen LogP contribution in [0.15, 0.2) is 24.3 Å².